The Kier molecular flexibility index (Phi) is 5.16. The number of hydrogen-bond donors (Lipinski definition) is 0. The van der Waals surface area contributed by atoms with Gasteiger partial charge in [0, 0.05) is 18.1 Å². The standard InChI is InChI=1S/C20H20ClN5O/c21-17-6-7-19(26-14-22-23-24-26)18(13-17)20(27)25-10-8-16(9-11-25)12-15-4-2-1-3-5-15/h1-7,13-14,16H,8-12H2. The summed E-state index contributed by atoms with van der Waals surface area (Å²) in [6.07, 6.45) is 4.55. The maximum atomic E-state index is 13.1. The van der Waals surface area contributed by atoms with Crippen LogP contribution in [0.3, 0.4) is 0 Å². The minimum Gasteiger partial charge on any atom is -0.339 e. The lowest BCUT2D eigenvalue weighted by molar-refractivity contribution is 0.0690. The first-order chi connectivity index (χ1) is 13.2. The number of benzene rings is 2. The van der Waals surface area contributed by atoms with E-state index in [0.717, 1.165) is 32.4 Å². The van der Waals surface area contributed by atoms with Gasteiger partial charge in [0.05, 0.1) is 11.3 Å². The zero-order valence-electron chi connectivity index (χ0n) is 14.8. The number of piperidine rings is 1. The smallest absolute Gasteiger partial charge is 0.256 e. The van der Waals surface area contributed by atoms with Crippen LogP contribution < -0.4 is 0 Å². The van der Waals surface area contributed by atoms with E-state index in [0.29, 0.717) is 22.2 Å². The van der Waals surface area contributed by atoms with Gasteiger partial charge in [-0.3, -0.25) is 4.79 Å². The van der Waals surface area contributed by atoms with E-state index in [1.54, 1.807) is 18.2 Å². The Morgan fingerprint density at radius 2 is 1.89 bits per heavy atom. The maximum Gasteiger partial charge on any atom is 0.256 e. The first kappa shape index (κ1) is 17.7. The van der Waals surface area contributed by atoms with Gasteiger partial charge < -0.3 is 4.90 Å². The van der Waals surface area contributed by atoms with Crippen molar-refractivity contribution in [3.63, 3.8) is 0 Å². The highest BCUT2D eigenvalue weighted by atomic mass is 35.5. The third-order valence-corrected chi connectivity index (χ3v) is 5.29. The molecule has 6 nitrogen and oxygen atoms in total. The summed E-state index contributed by atoms with van der Waals surface area (Å²) in [7, 11) is 0. The van der Waals surface area contributed by atoms with Crippen LogP contribution in [-0.4, -0.2) is 44.1 Å². The van der Waals surface area contributed by atoms with Gasteiger partial charge in [-0.2, -0.15) is 4.68 Å². The molecule has 0 bridgehead atoms. The fourth-order valence-electron chi connectivity index (χ4n) is 3.61. The SMILES string of the molecule is O=C(c1cc(Cl)ccc1-n1cnnn1)N1CCC(Cc2ccccc2)CC1. The van der Waals surface area contributed by atoms with Crippen LogP contribution in [0.5, 0.6) is 0 Å². The quantitative estimate of drug-likeness (QED) is 0.694. The Bertz CT molecular complexity index is 905. The van der Waals surface area contributed by atoms with Gasteiger partial charge >= 0.3 is 0 Å². The van der Waals surface area contributed by atoms with Crippen LogP contribution in [-0.2, 0) is 6.42 Å². The molecule has 0 spiro atoms. The molecule has 1 aliphatic rings. The summed E-state index contributed by atoms with van der Waals surface area (Å²) in [5, 5.41) is 11.7. The summed E-state index contributed by atoms with van der Waals surface area (Å²) < 4.78 is 1.49. The van der Waals surface area contributed by atoms with Crippen LogP contribution in [0.1, 0.15) is 28.8 Å². The fourth-order valence-corrected chi connectivity index (χ4v) is 3.78. The van der Waals surface area contributed by atoms with Crippen LogP contribution >= 0.6 is 11.6 Å². The molecule has 1 saturated heterocycles. The Morgan fingerprint density at radius 1 is 1.11 bits per heavy atom. The molecule has 0 atom stereocenters. The predicted octanol–water partition coefficient (Wildman–Crippen LogP) is 3.41. The van der Waals surface area contributed by atoms with Crippen LogP contribution in [0.2, 0.25) is 5.02 Å². The van der Waals surface area contributed by atoms with E-state index in [2.05, 4.69) is 39.8 Å². The molecule has 1 fully saturated rings. The van der Waals surface area contributed by atoms with Gasteiger partial charge in [-0.25, -0.2) is 0 Å². The molecule has 138 valence electrons. The summed E-state index contributed by atoms with van der Waals surface area (Å²) >= 11 is 6.14. The number of rotatable bonds is 4. The molecule has 1 aromatic heterocycles. The van der Waals surface area contributed by atoms with Crippen molar-refractivity contribution in [3.8, 4) is 5.69 Å². The Morgan fingerprint density at radius 3 is 2.59 bits per heavy atom. The van der Waals surface area contributed by atoms with E-state index in [1.165, 1.54) is 16.6 Å². The molecule has 0 unspecified atom stereocenters. The summed E-state index contributed by atoms with van der Waals surface area (Å²) in [5.41, 5.74) is 2.52. The third-order valence-electron chi connectivity index (χ3n) is 5.05. The average Bonchev–Trinajstić information content (AvgIpc) is 3.23. The van der Waals surface area contributed by atoms with Crippen molar-refractivity contribution >= 4 is 17.5 Å². The molecule has 2 aromatic carbocycles. The van der Waals surface area contributed by atoms with Crippen LogP contribution in [0, 0.1) is 5.92 Å². The summed E-state index contributed by atoms with van der Waals surface area (Å²) in [5.74, 6) is 0.580. The van der Waals surface area contributed by atoms with E-state index in [-0.39, 0.29) is 5.91 Å². The van der Waals surface area contributed by atoms with Crippen LogP contribution in [0.15, 0.2) is 54.9 Å². The van der Waals surface area contributed by atoms with Crippen molar-refractivity contribution in [1.29, 1.82) is 0 Å². The van der Waals surface area contributed by atoms with E-state index in [9.17, 15) is 4.79 Å². The first-order valence-corrected chi connectivity index (χ1v) is 9.44. The van der Waals surface area contributed by atoms with Gasteiger partial charge in [-0.05, 0) is 59.4 Å². The van der Waals surface area contributed by atoms with E-state index < -0.39 is 0 Å². The number of nitrogens with zero attached hydrogens (tertiary/aromatic N) is 5. The van der Waals surface area contributed by atoms with E-state index >= 15 is 0 Å². The first-order valence-electron chi connectivity index (χ1n) is 9.07. The summed E-state index contributed by atoms with van der Waals surface area (Å²) in [4.78, 5) is 15.0. The molecule has 0 aliphatic carbocycles. The Labute approximate surface area is 162 Å². The normalized spacial score (nSPS) is 15.1. The molecule has 27 heavy (non-hydrogen) atoms. The van der Waals surface area contributed by atoms with Gasteiger partial charge in [0.1, 0.15) is 6.33 Å². The second-order valence-electron chi connectivity index (χ2n) is 6.84. The van der Waals surface area contributed by atoms with Crippen LogP contribution in [0.25, 0.3) is 5.69 Å². The second-order valence-corrected chi connectivity index (χ2v) is 7.28. The van der Waals surface area contributed by atoms with Gasteiger partial charge in [0.25, 0.3) is 5.91 Å². The zero-order chi connectivity index (χ0) is 18.6. The molecule has 3 aromatic rings. The van der Waals surface area contributed by atoms with Crippen molar-refractivity contribution in [3.05, 3.63) is 71.0 Å². The molecule has 2 heterocycles. The number of carbonyl (C=O) groups is 1. The van der Waals surface area contributed by atoms with Gasteiger partial charge in [0.15, 0.2) is 0 Å². The number of hydrogen-bond acceptors (Lipinski definition) is 4. The molecule has 4 rings (SSSR count). The molecular formula is C20H20ClN5O. The molecule has 1 amide bonds. The number of tetrazole rings is 1. The van der Waals surface area contributed by atoms with Gasteiger partial charge in [-0.1, -0.05) is 41.9 Å². The minimum atomic E-state index is -0.0267. The number of carbonyl (C=O) groups excluding carboxylic acids is 1. The molecule has 0 radical (unpaired) electrons. The lowest BCUT2D eigenvalue weighted by Gasteiger charge is -2.32. The monoisotopic (exact) mass is 381 g/mol. The fraction of sp³-hybridized carbons (Fsp3) is 0.300. The molecule has 0 saturated carbocycles. The number of likely N-dealkylation sites (tertiary alicyclic amines) is 1. The lowest BCUT2D eigenvalue weighted by atomic mass is 9.90. The lowest BCUT2D eigenvalue weighted by Crippen LogP contribution is -2.39. The van der Waals surface area contributed by atoms with E-state index in [4.69, 9.17) is 11.6 Å². The highest BCUT2D eigenvalue weighted by Gasteiger charge is 2.26. The van der Waals surface area contributed by atoms with Crippen molar-refractivity contribution < 1.29 is 4.79 Å². The van der Waals surface area contributed by atoms with Crippen molar-refractivity contribution in [2.24, 2.45) is 5.92 Å². The molecular weight excluding hydrogens is 362 g/mol. The number of amides is 1. The highest BCUT2D eigenvalue weighted by molar-refractivity contribution is 6.31. The second kappa shape index (κ2) is 7.88. The maximum absolute atomic E-state index is 13.1. The Hall–Kier alpha value is -2.73. The predicted molar refractivity (Wildman–Crippen MR) is 103 cm³/mol. The largest absolute Gasteiger partial charge is 0.339 e. The number of halogens is 1. The molecule has 1 aliphatic heterocycles. The third kappa shape index (κ3) is 4.01. The topological polar surface area (TPSA) is 63.9 Å². The van der Waals surface area contributed by atoms with Crippen molar-refractivity contribution in [2.45, 2.75) is 19.3 Å². The average molecular weight is 382 g/mol. The minimum absolute atomic E-state index is 0.0267. The zero-order valence-corrected chi connectivity index (χ0v) is 15.6. The summed E-state index contributed by atoms with van der Waals surface area (Å²) in [6.45, 7) is 1.50. The molecule has 0 N–H and O–H groups in total. The van der Waals surface area contributed by atoms with Gasteiger partial charge in [-0.15, -0.1) is 5.10 Å². The highest BCUT2D eigenvalue weighted by Crippen LogP contribution is 2.25. The van der Waals surface area contributed by atoms with Crippen LogP contribution in [0.4, 0.5) is 0 Å². The Balaban J connectivity index is 1.46. The number of aromatic nitrogens is 4. The van der Waals surface area contributed by atoms with Crippen molar-refractivity contribution in [1.82, 2.24) is 25.1 Å². The summed E-state index contributed by atoms with van der Waals surface area (Å²) in [6, 6.07) is 15.7. The van der Waals surface area contributed by atoms with E-state index in [1.807, 2.05) is 11.0 Å². The van der Waals surface area contributed by atoms with Crippen molar-refractivity contribution in [2.75, 3.05) is 13.1 Å². The molecule has 7 heteroatoms. The van der Waals surface area contributed by atoms with Gasteiger partial charge in [0.2, 0.25) is 0 Å².